The van der Waals surface area contributed by atoms with Crippen LogP contribution in [0, 0.1) is 30.1 Å². The molecular formula is C20H29N3O4. The number of aliphatic carboxylic acids is 1. The molecule has 0 aromatic heterocycles. The molecule has 7 nitrogen and oxygen atoms in total. The molecule has 2 heterocycles. The summed E-state index contributed by atoms with van der Waals surface area (Å²) in [5, 5.41) is 14.9. The van der Waals surface area contributed by atoms with Gasteiger partial charge in [-0.1, -0.05) is 12.0 Å². The van der Waals surface area contributed by atoms with Gasteiger partial charge in [0.05, 0.1) is 5.92 Å². The number of rotatable bonds is 7. The molecule has 2 aliphatic rings. The van der Waals surface area contributed by atoms with Gasteiger partial charge in [-0.25, -0.2) is 0 Å². The predicted molar refractivity (Wildman–Crippen MR) is 102 cm³/mol. The normalized spacial score (nSPS) is 24.2. The molecule has 0 spiro atoms. The Bertz CT molecular complexity index is 605. The first-order valence-corrected chi connectivity index (χ1v) is 9.64. The third-order valence-corrected chi connectivity index (χ3v) is 5.21. The highest BCUT2D eigenvalue weighted by Gasteiger charge is 2.28. The molecule has 0 radical (unpaired) electrons. The van der Waals surface area contributed by atoms with Gasteiger partial charge in [-0.15, -0.1) is 6.42 Å². The van der Waals surface area contributed by atoms with Gasteiger partial charge in [0.25, 0.3) is 0 Å². The molecule has 148 valence electrons. The fraction of sp³-hybridized carbons (Fsp3) is 0.650. The highest BCUT2D eigenvalue weighted by molar-refractivity contribution is 5.88. The maximum Gasteiger partial charge on any atom is 0.320 e. The zero-order valence-electron chi connectivity index (χ0n) is 15.7. The number of nitrogens with zero attached hydrogens (tertiary/aromatic N) is 1. The van der Waals surface area contributed by atoms with Crippen molar-refractivity contribution in [3.05, 3.63) is 12.2 Å². The second kappa shape index (κ2) is 10.7. The van der Waals surface area contributed by atoms with Crippen LogP contribution in [0.5, 0.6) is 0 Å². The molecule has 3 N–H and O–H groups in total. The summed E-state index contributed by atoms with van der Waals surface area (Å²) in [5.41, 5.74) is 0. The van der Waals surface area contributed by atoms with Gasteiger partial charge in [-0.2, -0.15) is 0 Å². The SMILES string of the molecule is C#C[C@@H](CNC(=O)[C@@H]1CCCN(C(=O)/C=C/CC2CCCNC2)C1)C(=O)O. The molecule has 2 rings (SSSR count). The maximum atomic E-state index is 12.4. The lowest BCUT2D eigenvalue weighted by molar-refractivity contribution is -0.139. The number of nitrogens with one attached hydrogen (secondary N) is 2. The highest BCUT2D eigenvalue weighted by atomic mass is 16.4. The second-order valence-electron chi connectivity index (χ2n) is 7.28. The zero-order chi connectivity index (χ0) is 19.6. The van der Waals surface area contributed by atoms with E-state index in [1.807, 2.05) is 6.08 Å². The molecule has 0 aromatic carbocycles. The summed E-state index contributed by atoms with van der Waals surface area (Å²) in [6.07, 6.45) is 13.4. The van der Waals surface area contributed by atoms with E-state index in [4.69, 9.17) is 11.5 Å². The van der Waals surface area contributed by atoms with Crippen LogP contribution >= 0.6 is 0 Å². The first-order chi connectivity index (χ1) is 13.0. The van der Waals surface area contributed by atoms with Crippen molar-refractivity contribution in [1.82, 2.24) is 15.5 Å². The third kappa shape index (κ3) is 6.72. The van der Waals surface area contributed by atoms with Crippen LogP contribution in [0.3, 0.4) is 0 Å². The van der Waals surface area contributed by atoms with Crippen molar-refractivity contribution in [3.63, 3.8) is 0 Å². The van der Waals surface area contributed by atoms with Crippen LogP contribution in [0.2, 0.25) is 0 Å². The molecule has 0 saturated carbocycles. The lowest BCUT2D eigenvalue weighted by Crippen LogP contribution is -2.46. The van der Waals surface area contributed by atoms with Crippen molar-refractivity contribution in [3.8, 4) is 12.3 Å². The summed E-state index contributed by atoms with van der Waals surface area (Å²) < 4.78 is 0. The topological polar surface area (TPSA) is 98.7 Å². The number of amides is 2. The molecule has 2 saturated heterocycles. The Hall–Kier alpha value is -2.33. The largest absolute Gasteiger partial charge is 0.480 e. The molecular weight excluding hydrogens is 346 g/mol. The van der Waals surface area contributed by atoms with Crippen molar-refractivity contribution in [2.75, 3.05) is 32.7 Å². The molecule has 2 fully saturated rings. The van der Waals surface area contributed by atoms with Crippen molar-refractivity contribution in [1.29, 1.82) is 0 Å². The zero-order valence-corrected chi connectivity index (χ0v) is 15.7. The van der Waals surface area contributed by atoms with Crippen LogP contribution in [-0.4, -0.2) is 60.5 Å². The van der Waals surface area contributed by atoms with E-state index in [0.29, 0.717) is 25.4 Å². The highest BCUT2D eigenvalue weighted by Crippen LogP contribution is 2.18. The summed E-state index contributed by atoms with van der Waals surface area (Å²) in [6.45, 7) is 2.97. The number of piperidine rings is 2. The Morgan fingerprint density at radius 2 is 2.15 bits per heavy atom. The van der Waals surface area contributed by atoms with E-state index in [2.05, 4.69) is 16.6 Å². The van der Waals surface area contributed by atoms with Crippen LogP contribution in [0.15, 0.2) is 12.2 Å². The fourth-order valence-corrected chi connectivity index (χ4v) is 3.55. The molecule has 3 atom stereocenters. The fourth-order valence-electron chi connectivity index (χ4n) is 3.55. The number of allylic oxidation sites excluding steroid dienone is 1. The van der Waals surface area contributed by atoms with Crippen LogP contribution in [0.1, 0.15) is 32.1 Å². The molecule has 0 bridgehead atoms. The Morgan fingerprint density at radius 1 is 1.33 bits per heavy atom. The van der Waals surface area contributed by atoms with Gasteiger partial charge in [0.1, 0.15) is 5.92 Å². The Kier molecular flexibility index (Phi) is 8.34. The molecule has 2 amide bonds. The van der Waals surface area contributed by atoms with Gasteiger partial charge in [-0.3, -0.25) is 14.4 Å². The second-order valence-corrected chi connectivity index (χ2v) is 7.28. The van der Waals surface area contributed by atoms with Gasteiger partial charge in [0.2, 0.25) is 11.8 Å². The average molecular weight is 375 g/mol. The summed E-state index contributed by atoms with van der Waals surface area (Å²) >= 11 is 0. The van der Waals surface area contributed by atoms with Crippen molar-refractivity contribution in [2.45, 2.75) is 32.1 Å². The molecule has 2 aliphatic heterocycles. The van der Waals surface area contributed by atoms with E-state index >= 15 is 0 Å². The van der Waals surface area contributed by atoms with E-state index in [9.17, 15) is 14.4 Å². The molecule has 0 aromatic rings. The van der Waals surface area contributed by atoms with E-state index in [1.165, 1.54) is 12.8 Å². The minimum absolute atomic E-state index is 0.0664. The summed E-state index contributed by atoms with van der Waals surface area (Å²) in [4.78, 5) is 37.3. The third-order valence-electron chi connectivity index (χ3n) is 5.21. The molecule has 1 unspecified atom stereocenters. The van der Waals surface area contributed by atoms with Crippen molar-refractivity contribution >= 4 is 17.8 Å². The number of likely N-dealkylation sites (tertiary alicyclic amines) is 1. The average Bonchev–Trinajstić information content (AvgIpc) is 2.69. The molecule has 27 heavy (non-hydrogen) atoms. The molecule has 0 aliphatic carbocycles. The summed E-state index contributed by atoms with van der Waals surface area (Å²) in [6, 6.07) is 0. The monoisotopic (exact) mass is 375 g/mol. The van der Waals surface area contributed by atoms with E-state index < -0.39 is 11.9 Å². The van der Waals surface area contributed by atoms with Crippen molar-refractivity contribution < 1.29 is 19.5 Å². The van der Waals surface area contributed by atoms with E-state index in [-0.39, 0.29) is 24.3 Å². The number of carboxylic acid groups (broad SMARTS) is 1. The first-order valence-electron chi connectivity index (χ1n) is 9.64. The summed E-state index contributed by atoms with van der Waals surface area (Å²) in [7, 11) is 0. The van der Waals surface area contributed by atoms with Crippen LogP contribution in [-0.2, 0) is 14.4 Å². The smallest absolute Gasteiger partial charge is 0.320 e. The van der Waals surface area contributed by atoms with Gasteiger partial charge < -0.3 is 20.6 Å². The Balaban J connectivity index is 1.78. The standard InChI is InChI=1S/C20H29N3O4/c1-2-16(20(26)27)13-22-19(25)17-8-5-11-23(14-17)18(24)9-3-6-15-7-4-10-21-12-15/h1,3,9,15-17,21H,4-8,10-14H2,(H,22,25)(H,26,27)/b9-3+/t15?,16-,17+/m0/s1. The van der Waals surface area contributed by atoms with Gasteiger partial charge >= 0.3 is 5.97 Å². The minimum Gasteiger partial charge on any atom is -0.480 e. The lowest BCUT2D eigenvalue weighted by Gasteiger charge is -2.31. The number of carbonyl (C=O) groups excluding carboxylic acids is 2. The first kappa shape index (κ1) is 21.0. The van der Waals surface area contributed by atoms with E-state index in [1.54, 1.807) is 11.0 Å². The number of carbonyl (C=O) groups is 3. The Morgan fingerprint density at radius 3 is 2.81 bits per heavy atom. The Labute approximate surface area is 160 Å². The van der Waals surface area contributed by atoms with Crippen molar-refractivity contribution in [2.24, 2.45) is 17.8 Å². The van der Waals surface area contributed by atoms with E-state index in [0.717, 1.165) is 25.9 Å². The summed E-state index contributed by atoms with van der Waals surface area (Å²) in [5.74, 6) is -0.0726. The van der Waals surface area contributed by atoms with Crippen LogP contribution in [0.4, 0.5) is 0 Å². The predicted octanol–water partition coefficient (Wildman–Crippen LogP) is 0.621. The van der Waals surface area contributed by atoms with Gasteiger partial charge in [0, 0.05) is 19.6 Å². The number of carboxylic acids is 1. The van der Waals surface area contributed by atoms with Crippen LogP contribution < -0.4 is 10.6 Å². The lowest BCUT2D eigenvalue weighted by atomic mass is 9.95. The quantitative estimate of drug-likeness (QED) is 0.448. The number of hydrogen-bond donors (Lipinski definition) is 3. The number of hydrogen-bond acceptors (Lipinski definition) is 4. The van der Waals surface area contributed by atoms with Gasteiger partial charge in [0.15, 0.2) is 0 Å². The minimum atomic E-state index is -1.13. The molecule has 7 heteroatoms. The van der Waals surface area contributed by atoms with Crippen LogP contribution in [0.25, 0.3) is 0 Å². The maximum absolute atomic E-state index is 12.4. The number of terminal acetylenes is 1. The van der Waals surface area contributed by atoms with Gasteiger partial charge in [-0.05, 0) is 57.2 Å².